The van der Waals surface area contributed by atoms with Crippen molar-refractivity contribution >= 4 is 17.9 Å². The maximum Gasteiger partial charge on any atom is 0.306 e. The van der Waals surface area contributed by atoms with Crippen molar-refractivity contribution < 1.29 is 28.6 Å². The minimum atomic E-state index is -0.762. The van der Waals surface area contributed by atoms with Crippen LogP contribution in [0.3, 0.4) is 0 Å². The normalized spacial score (nSPS) is 12.0. The molecule has 0 N–H and O–H groups in total. The second kappa shape index (κ2) is 48.9. The average molecular weight is 877 g/mol. The minimum absolute atomic E-state index is 0.0634. The summed E-state index contributed by atoms with van der Waals surface area (Å²) >= 11 is 0. The van der Waals surface area contributed by atoms with Gasteiger partial charge in [0, 0.05) is 19.3 Å². The van der Waals surface area contributed by atoms with Gasteiger partial charge in [0.05, 0.1) is 0 Å². The molecule has 0 aliphatic carbocycles. The largest absolute Gasteiger partial charge is 0.462 e. The number of hydrogen-bond donors (Lipinski definition) is 0. The SMILES string of the molecule is CCCCCCCCCCCCCCCCCCCCC(=O)OC[C@H](COC(=O)CCCCCCCCCCCC(C)C)OC(=O)CCCCCCCCCCCCCC(C)C. The van der Waals surface area contributed by atoms with Crippen LogP contribution in [0, 0.1) is 11.8 Å². The van der Waals surface area contributed by atoms with Crippen molar-refractivity contribution in [3.05, 3.63) is 0 Å². The van der Waals surface area contributed by atoms with E-state index in [9.17, 15) is 14.4 Å². The smallest absolute Gasteiger partial charge is 0.306 e. The quantitative estimate of drug-likeness (QED) is 0.0344. The fourth-order valence-electron chi connectivity index (χ4n) is 8.52. The van der Waals surface area contributed by atoms with Crippen LogP contribution >= 0.6 is 0 Å². The molecular formula is C56H108O6. The lowest BCUT2D eigenvalue weighted by atomic mass is 10.0. The predicted molar refractivity (Wildman–Crippen MR) is 266 cm³/mol. The Morgan fingerprint density at radius 1 is 0.306 bits per heavy atom. The van der Waals surface area contributed by atoms with E-state index in [4.69, 9.17) is 14.2 Å². The maximum absolute atomic E-state index is 12.8. The summed E-state index contributed by atoms with van der Waals surface area (Å²) in [7, 11) is 0. The molecule has 0 aromatic rings. The first-order chi connectivity index (χ1) is 30.2. The van der Waals surface area contributed by atoms with E-state index in [1.165, 1.54) is 199 Å². The predicted octanol–water partition coefficient (Wildman–Crippen LogP) is 18.1. The molecule has 0 heterocycles. The molecule has 6 nitrogen and oxygen atoms in total. The third-order valence-electron chi connectivity index (χ3n) is 12.7. The fourth-order valence-corrected chi connectivity index (χ4v) is 8.52. The molecule has 0 amide bonds. The first kappa shape index (κ1) is 60.4. The number of rotatable bonds is 50. The number of hydrogen-bond acceptors (Lipinski definition) is 6. The lowest BCUT2D eigenvalue weighted by Crippen LogP contribution is -2.30. The van der Waals surface area contributed by atoms with E-state index < -0.39 is 6.10 Å². The first-order valence-electron chi connectivity index (χ1n) is 27.7. The monoisotopic (exact) mass is 877 g/mol. The van der Waals surface area contributed by atoms with Crippen molar-refractivity contribution in [2.24, 2.45) is 11.8 Å². The third-order valence-corrected chi connectivity index (χ3v) is 12.7. The molecular weight excluding hydrogens is 769 g/mol. The van der Waals surface area contributed by atoms with Gasteiger partial charge in [0.25, 0.3) is 0 Å². The summed E-state index contributed by atoms with van der Waals surface area (Å²) in [6.45, 7) is 11.4. The number of carbonyl (C=O) groups is 3. The molecule has 0 radical (unpaired) electrons. The highest BCUT2D eigenvalue weighted by Crippen LogP contribution is 2.18. The van der Waals surface area contributed by atoms with Crippen molar-refractivity contribution in [3.8, 4) is 0 Å². The van der Waals surface area contributed by atoms with Crippen molar-refractivity contribution in [2.45, 2.75) is 317 Å². The van der Waals surface area contributed by atoms with Crippen LogP contribution in [0.25, 0.3) is 0 Å². The van der Waals surface area contributed by atoms with Crippen LogP contribution in [0.4, 0.5) is 0 Å². The van der Waals surface area contributed by atoms with Gasteiger partial charge in [0.1, 0.15) is 13.2 Å². The highest BCUT2D eigenvalue weighted by molar-refractivity contribution is 5.71. The summed E-state index contributed by atoms with van der Waals surface area (Å²) in [5.74, 6) is 0.788. The zero-order valence-corrected chi connectivity index (χ0v) is 42.5. The lowest BCUT2D eigenvalue weighted by Gasteiger charge is -2.18. The standard InChI is InChI=1S/C56H108O6/c1-6-7-8-9-10-11-12-13-14-15-16-17-18-21-26-31-36-41-46-54(57)60-49-53(50-61-55(58)47-42-37-32-28-23-25-30-35-40-45-52(4)5)62-56(59)48-43-38-33-27-22-19-20-24-29-34-39-44-51(2)3/h51-53H,6-50H2,1-5H3/t53-/m1/s1. The zero-order chi connectivity index (χ0) is 45.4. The van der Waals surface area contributed by atoms with Crippen LogP contribution in [-0.2, 0) is 28.6 Å². The van der Waals surface area contributed by atoms with E-state index in [0.717, 1.165) is 69.6 Å². The van der Waals surface area contributed by atoms with Crippen LogP contribution < -0.4 is 0 Å². The van der Waals surface area contributed by atoms with Gasteiger partial charge in [-0.15, -0.1) is 0 Å². The highest BCUT2D eigenvalue weighted by atomic mass is 16.6. The fraction of sp³-hybridized carbons (Fsp3) is 0.946. The summed E-state index contributed by atoms with van der Waals surface area (Å²) in [6.07, 6.45) is 51.0. The Kier molecular flexibility index (Phi) is 47.6. The van der Waals surface area contributed by atoms with E-state index in [1.807, 2.05) is 0 Å². The van der Waals surface area contributed by atoms with Crippen molar-refractivity contribution in [3.63, 3.8) is 0 Å². The van der Waals surface area contributed by atoms with Crippen molar-refractivity contribution in [2.75, 3.05) is 13.2 Å². The topological polar surface area (TPSA) is 78.9 Å². The Hall–Kier alpha value is -1.59. The van der Waals surface area contributed by atoms with Crippen LogP contribution in [0.5, 0.6) is 0 Å². The third kappa shape index (κ3) is 49.4. The molecule has 368 valence electrons. The Labute approximate surface area is 387 Å². The summed E-state index contributed by atoms with van der Waals surface area (Å²) in [5, 5.41) is 0. The molecule has 1 atom stereocenters. The van der Waals surface area contributed by atoms with Gasteiger partial charge in [0.2, 0.25) is 0 Å². The van der Waals surface area contributed by atoms with Crippen LogP contribution in [0.15, 0.2) is 0 Å². The molecule has 0 aromatic carbocycles. The number of ether oxygens (including phenoxy) is 3. The Morgan fingerprint density at radius 3 is 0.790 bits per heavy atom. The summed E-state index contributed by atoms with van der Waals surface area (Å²) in [5.41, 5.74) is 0. The molecule has 0 fully saturated rings. The van der Waals surface area contributed by atoms with Crippen molar-refractivity contribution in [1.29, 1.82) is 0 Å². The van der Waals surface area contributed by atoms with Gasteiger partial charge >= 0.3 is 17.9 Å². The summed E-state index contributed by atoms with van der Waals surface area (Å²) < 4.78 is 16.9. The zero-order valence-electron chi connectivity index (χ0n) is 42.5. The number of carbonyl (C=O) groups excluding carboxylic acids is 3. The Morgan fingerprint density at radius 2 is 0.532 bits per heavy atom. The Balaban J connectivity index is 4.28. The van der Waals surface area contributed by atoms with Crippen LogP contribution in [-0.4, -0.2) is 37.2 Å². The Bertz CT molecular complexity index is 947. The number of unbranched alkanes of at least 4 members (excludes halogenated alkanes) is 35. The van der Waals surface area contributed by atoms with Crippen LogP contribution in [0.2, 0.25) is 0 Å². The molecule has 0 unspecified atom stereocenters. The van der Waals surface area contributed by atoms with Gasteiger partial charge in [-0.05, 0) is 31.1 Å². The van der Waals surface area contributed by atoms with Gasteiger partial charge in [-0.2, -0.15) is 0 Å². The summed E-state index contributed by atoms with van der Waals surface area (Å²) in [4.78, 5) is 38.0. The maximum atomic E-state index is 12.8. The minimum Gasteiger partial charge on any atom is -0.462 e. The molecule has 6 heteroatoms. The molecule has 0 spiro atoms. The van der Waals surface area contributed by atoms with Gasteiger partial charge in [0.15, 0.2) is 6.10 Å². The first-order valence-corrected chi connectivity index (χ1v) is 27.7. The summed E-state index contributed by atoms with van der Waals surface area (Å²) in [6, 6.07) is 0. The van der Waals surface area contributed by atoms with E-state index in [1.54, 1.807) is 0 Å². The highest BCUT2D eigenvalue weighted by Gasteiger charge is 2.19. The van der Waals surface area contributed by atoms with Gasteiger partial charge < -0.3 is 14.2 Å². The van der Waals surface area contributed by atoms with Gasteiger partial charge in [-0.1, -0.05) is 272 Å². The molecule has 0 aliphatic rings. The van der Waals surface area contributed by atoms with E-state index in [0.29, 0.717) is 19.3 Å². The molecule has 0 saturated carbocycles. The van der Waals surface area contributed by atoms with E-state index >= 15 is 0 Å². The van der Waals surface area contributed by atoms with E-state index in [-0.39, 0.29) is 31.1 Å². The second-order valence-corrected chi connectivity index (χ2v) is 20.2. The van der Waals surface area contributed by atoms with Gasteiger partial charge in [-0.3, -0.25) is 14.4 Å². The van der Waals surface area contributed by atoms with Crippen LogP contribution in [0.1, 0.15) is 311 Å². The second-order valence-electron chi connectivity index (χ2n) is 20.2. The van der Waals surface area contributed by atoms with E-state index in [2.05, 4.69) is 34.6 Å². The molecule has 0 bridgehead atoms. The molecule has 62 heavy (non-hydrogen) atoms. The molecule has 0 rings (SSSR count). The number of esters is 3. The molecule has 0 aliphatic heterocycles. The van der Waals surface area contributed by atoms with Gasteiger partial charge in [-0.25, -0.2) is 0 Å². The average Bonchev–Trinajstić information content (AvgIpc) is 3.24. The lowest BCUT2D eigenvalue weighted by molar-refractivity contribution is -0.167. The molecule has 0 saturated heterocycles. The molecule has 0 aromatic heterocycles. The van der Waals surface area contributed by atoms with Crippen molar-refractivity contribution in [1.82, 2.24) is 0 Å².